The van der Waals surface area contributed by atoms with Gasteiger partial charge in [0.2, 0.25) is 0 Å². The summed E-state index contributed by atoms with van der Waals surface area (Å²) >= 11 is 0. The number of urea groups is 1. The lowest BCUT2D eigenvalue weighted by molar-refractivity contribution is -0.142. The van der Waals surface area contributed by atoms with Crippen LogP contribution >= 0.6 is 0 Å². The molecule has 2 amide bonds. The van der Waals surface area contributed by atoms with Crippen LogP contribution in [-0.4, -0.2) is 49.8 Å². The fourth-order valence-corrected chi connectivity index (χ4v) is 2.29. The minimum atomic E-state index is -0.883. The summed E-state index contributed by atoms with van der Waals surface area (Å²) in [5, 5.41) is 5.78. The maximum Gasteiger partial charge on any atom is 0.328 e. The van der Waals surface area contributed by atoms with E-state index in [1.165, 1.54) is 14.2 Å². The number of nitrogens with one attached hydrogen (secondary N) is 3. The summed E-state index contributed by atoms with van der Waals surface area (Å²) in [5.74, 6) is -1.16. The van der Waals surface area contributed by atoms with E-state index in [1.54, 1.807) is 6.20 Å². The Morgan fingerprint density at radius 1 is 1.17 bits per heavy atom. The summed E-state index contributed by atoms with van der Waals surface area (Å²) in [5.41, 5.74) is 1.81. The minimum absolute atomic E-state index is 0.252. The molecule has 2 aromatic rings. The third-order valence-corrected chi connectivity index (χ3v) is 3.51. The number of rotatable bonds is 6. The second-order valence-corrected chi connectivity index (χ2v) is 5.04. The molecule has 0 saturated heterocycles. The summed E-state index contributed by atoms with van der Waals surface area (Å²) in [6, 6.07) is 6.10. The number of aromatic amines is 1. The van der Waals surface area contributed by atoms with E-state index in [4.69, 9.17) is 4.74 Å². The Bertz CT molecular complexity index is 740. The molecule has 0 unspecified atom stereocenters. The number of hydrogen-bond donors (Lipinski definition) is 3. The van der Waals surface area contributed by atoms with Crippen molar-refractivity contribution in [2.45, 2.75) is 12.5 Å². The van der Waals surface area contributed by atoms with Crippen molar-refractivity contribution in [3.8, 4) is 0 Å². The van der Waals surface area contributed by atoms with Gasteiger partial charge in [0.05, 0.1) is 14.2 Å². The van der Waals surface area contributed by atoms with Crippen LogP contribution in [0.15, 0.2) is 30.5 Å². The lowest BCUT2D eigenvalue weighted by Gasteiger charge is -2.16. The Morgan fingerprint density at radius 3 is 2.62 bits per heavy atom. The second kappa shape index (κ2) is 8.00. The first-order chi connectivity index (χ1) is 11.5. The van der Waals surface area contributed by atoms with Gasteiger partial charge in [-0.3, -0.25) is 4.79 Å². The normalized spacial score (nSPS) is 11.6. The topological polar surface area (TPSA) is 110 Å². The van der Waals surface area contributed by atoms with Crippen molar-refractivity contribution in [3.63, 3.8) is 0 Å². The highest BCUT2D eigenvalue weighted by Crippen LogP contribution is 2.19. The average Bonchev–Trinajstić information content (AvgIpc) is 3.01. The number of benzene rings is 1. The van der Waals surface area contributed by atoms with Crippen molar-refractivity contribution in [1.82, 2.24) is 15.6 Å². The Labute approximate surface area is 138 Å². The summed E-state index contributed by atoms with van der Waals surface area (Å²) < 4.78 is 9.17. The molecule has 0 aliphatic heterocycles. The van der Waals surface area contributed by atoms with E-state index in [2.05, 4.69) is 20.4 Å². The van der Waals surface area contributed by atoms with Crippen molar-refractivity contribution >= 4 is 28.9 Å². The average molecular weight is 333 g/mol. The van der Waals surface area contributed by atoms with Crippen molar-refractivity contribution in [2.24, 2.45) is 0 Å². The Hall–Kier alpha value is -3.03. The zero-order chi connectivity index (χ0) is 17.5. The van der Waals surface area contributed by atoms with Crippen molar-refractivity contribution < 1.29 is 23.9 Å². The summed E-state index contributed by atoms with van der Waals surface area (Å²) in [6.07, 6.45) is 2.04. The van der Waals surface area contributed by atoms with Crippen LogP contribution < -0.4 is 10.6 Å². The Balaban J connectivity index is 2.07. The largest absolute Gasteiger partial charge is 0.468 e. The minimum Gasteiger partial charge on any atom is -0.468 e. The van der Waals surface area contributed by atoms with Crippen LogP contribution in [-0.2, 0) is 25.5 Å². The second-order valence-electron chi connectivity index (χ2n) is 5.04. The fraction of sp³-hybridized carbons (Fsp3) is 0.312. The molecule has 0 saturated carbocycles. The molecule has 1 aromatic heterocycles. The summed E-state index contributed by atoms with van der Waals surface area (Å²) in [4.78, 5) is 37.9. The van der Waals surface area contributed by atoms with Gasteiger partial charge in [-0.1, -0.05) is 18.2 Å². The third kappa shape index (κ3) is 4.25. The molecule has 0 spiro atoms. The maximum absolute atomic E-state index is 11.9. The van der Waals surface area contributed by atoms with E-state index in [9.17, 15) is 14.4 Å². The molecule has 0 aliphatic rings. The third-order valence-electron chi connectivity index (χ3n) is 3.51. The molecule has 8 heteroatoms. The number of carbonyl (C=O) groups excluding carboxylic acids is 3. The van der Waals surface area contributed by atoms with E-state index in [1.807, 2.05) is 24.3 Å². The Kier molecular flexibility index (Phi) is 5.78. The predicted octanol–water partition coefficient (Wildman–Crippen LogP) is 0.724. The highest BCUT2D eigenvalue weighted by molar-refractivity contribution is 5.87. The first-order valence-electron chi connectivity index (χ1n) is 7.29. The molecule has 8 nitrogen and oxygen atoms in total. The quantitative estimate of drug-likeness (QED) is 0.675. The van der Waals surface area contributed by atoms with Crippen LogP contribution in [0.3, 0.4) is 0 Å². The van der Waals surface area contributed by atoms with E-state index < -0.39 is 24.0 Å². The molecule has 1 heterocycles. The predicted molar refractivity (Wildman–Crippen MR) is 86.4 cm³/mol. The van der Waals surface area contributed by atoms with Gasteiger partial charge in [0.15, 0.2) is 0 Å². The van der Waals surface area contributed by atoms with Gasteiger partial charge in [-0.2, -0.15) is 0 Å². The van der Waals surface area contributed by atoms with Gasteiger partial charge < -0.3 is 25.1 Å². The van der Waals surface area contributed by atoms with Crippen LogP contribution in [0.5, 0.6) is 0 Å². The first kappa shape index (κ1) is 17.3. The molecule has 1 aromatic carbocycles. The molecule has 128 valence electrons. The van der Waals surface area contributed by atoms with Gasteiger partial charge in [0.25, 0.3) is 0 Å². The molecule has 2 rings (SSSR count). The number of aromatic nitrogens is 1. The number of carbonyl (C=O) groups is 3. The van der Waals surface area contributed by atoms with Gasteiger partial charge in [0.1, 0.15) is 12.6 Å². The monoisotopic (exact) mass is 333 g/mol. The molecule has 3 N–H and O–H groups in total. The lowest BCUT2D eigenvalue weighted by Crippen LogP contribution is -2.48. The number of para-hydroxylation sites is 1. The molecular formula is C16H19N3O5. The number of hydrogen-bond acceptors (Lipinski definition) is 5. The number of fused-ring (bicyclic) bond motifs is 1. The highest BCUT2D eigenvalue weighted by atomic mass is 16.5. The van der Waals surface area contributed by atoms with Crippen LogP contribution in [0.1, 0.15) is 5.56 Å². The Morgan fingerprint density at radius 2 is 1.92 bits per heavy atom. The molecule has 0 aliphatic carbocycles. The standard InChI is InChI=1S/C16H19N3O5/c1-23-14(20)9-18-16(22)19-13(15(21)24-2)7-10-8-17-12-6-4-3-5-11(10)12/h3-6,8,13,17H,7,9H2,1-2H3,(H2,18,19,22)/t13-/m1/s1. The number of ether oxygens (including phenoxy) is 2. The number of H-pyrrole nitrogens is 1. The van der Waals surface area contributed by atoms with Gasteiger partial charge in [-0.25, -0.2) is 9.59 Å². The van der Waals surface area contributed by atoms with Crippen LogP contribution in [0.2, 0.25) is 0 Å². The van der Waals surface area contributed by atoms with Crippen molar-refractivity contribution in [3.05, 3.63) is 36.0 Å². The van der Waals surface area contributed by atoms with E-state index in [0.717, 1.165) is 16.5 Å². The molecular weight excluding hydrogens is 314 g/mol. The van der Waals surface area contributed by atoms with Gasteiger partial charge in [0, 0.05) is 23.5 Å². The molecule has 0 bridgehead atoms. The van der Waals surface area contributed by atoms with Crippen LogP contribution in [0, 0.1) is 0 Å². The maximum atomic E-state index is 11.9. The van der Waals surface area contributed by atoms with Gasteiger partial charge >= 0.3 is 18.0 Å². The van der Waals surface area contributed by atoms with Crippen LogP contribution in [0.25, 0.3) is 10.9 Å². The molecule has 24 heavy (non-hydrogen) atoms. The van der Waals surface area contributed by atoms with Crippen molar-refractivity contribution in [2.75, 3.05) is 20.8 Å². The zero-order valence-electron chi connectivity index (χ0n) is 13.4. The van der Waals surface area contributed by atoms with Crippen molar-refractivity contribution in [1.29, 1.82) is 0 Å². The lowest BCUT2D eigenvalue weighted by atomic mass is 10.1. The highest BCUT2D eigenvalue weighted by Gasteiger charge is 2.23. The molecule has 0 radical (unpaired) electrons. The molecule has 1 atom stereocenters. The first-order valence-corrected chi connectivity index (χ1v) is 7.29. The van der Waals surface area contributed by atoms with Gasteiger partial charge in [-0.15, -0.1) is 0 Å². The van der Waals surface area contributed by atoms with Gasteiger partial charge in [-0.05, 0) is 11.6 Å². The van der Waals surface area contributed by atoms with Crippen LogP contribution in [0.4, 0.5) is 4.79 Å². The van der Waals surface area contributed by atoms with E-state index in [-0.39, 0.29) is 13.0 Å². The molecule has 0 fully saturated rings. The number of esters is 2. The van der Waals surface area contributed by atoms with E-state index in [0.29, 0.717) is 0 Å². The summed E-state index contributed by atoms with van der Waals surface area (Å²) in [6.45, 7) is -0.288. The SMILES string of the molecule is COC(=O)CNC(=O)N[C@H](Cc1c[nH]c2ccccc12)C(=O)OC. The fourth-order valence-electron chi connectivity index (χ4n) is 2.29. The number of methoxy groups -OCH3 is 2. The summed E-state index contributed by atoms with van der Waals surface area (Å²) in [7, 11) is 2.47. The number of amides is 2. The zero-order valence-corrected chi connectivity index (χ0v) is 13.4. The van der Waals surface area contributed by atoms with E-state index >= 15 is 0 Å². The smallest absolute Gasteiger partial charge is 0.328 e.